The van der Waals surface area contributed by atoms with Crippen LogP contribution in [0.5, 0.6) is 0 Å². The number of hydrogen-bond donors (Lipinski definition) is 0. The Morgan fingerprint density at radius 2 is 1.82 bits per heavy atom. The summed E-state index contributed by atoms with van der Waals surface area (Å²) in [5.74, 6) is 0.298. The van der Waals surface area contributed by atoms with Gasteiger partial charge >= 0.3 is 0 Å². The zero-order valence-electron chi connectivity index (χ0n) is 10.9. The second-order valence-corrected chi connectivity index (χ2v) is 4.44. The fraction of sp³-hybridized carbons (Fsp3) is 0.438. The summed E-state index contributed by atoms with van der Waals surface area (Å²) in [4.78, 5) is 11.5. The van der Waals surface area contributed by atoms with Crippen molar-refractivity contribution < 1.29 is 4.79 Å². The number of hydrogen-bond acceptors (Lipinski definition) is 1. The Morgan fingerprint density at radius 3 is 2.47 bits per heavy atom. The highest BCUT2D eigenvalue weighted by molar-refractivity contribution is 5.94. The highest BCUT2D eigenvalue weighted by Gasteiger charge is 2.02. The number of allylic oxidation sites excluding steroid dienone is 2. The molecule has 0 aliphatic rings. The quantitative estimate of drug-likeness (QED) is 0.503. The fourth-order valence-electron chi connectivity index (χ4n) is 1.79. The summed E-state index contributed by atoms with van der Waals surface area (Å²) in [5, 5.41) is 0. The van der Waals surface area contributed by atoms with Gasteiger partial charge in [0.15, 0.2) is 5.78 Å². The molecule has 0 N–H and O–H groups in total. The van der Waals surface area contributed by atoms with Crippen LogP contribution in [0.4, 0.5) is 0 Å². The van der Waals surface area contributed by atoms with Gasteiger partial charge in [-0.05, 0) is 44.2 Å². The third kappa shape index (κ3) is 5.48. The van der Waals surface area contributed by atoms with Crippen molar-refractivity contribution >= 4 is 5.78 Å². The lowest BCUT2D eigenvalue weighted by atomic mass is 10.0. The van der Waals surface area contributed by atoms with Crippen LogP contribution in [0.2, 0.25) is 0 Å². The van der Waals surface area contributed by atoms with Crippen LogP contribution in [0.1, 0.15) is 45.1 Å². The number of aryl methyl sites for hydroxylation is 1. The molecule has 0 bridgehead atoms. The van der Waals surface area contributed by atoms with Crippen LogP contribution in [0.3, 0.4) is 0 Å². The maximum atomic E-state index is 11.5. The van der Waals surface area contributed by atoms with Crippen molar-refractivity contribution in [1.29, 1.82) is 0 Å². The Hall–Kier alpha value is -1.37. The van der Waals surface area contributed by atoms with Crippen LogP contribution in [-0.2, 0) is 11.2 Å². The van der Waals surface area contributed by atoms with Gasteiger partial charge in [0.25, 0.3) is 0 Å². The summed E-state index contributed by atoms with van der Waals surface area (Å²) in [6.45, 7) is 3.81. The van der Waals surface area contributed by atoms with Crippen molar-refractivity contribution in [2.24, 2.45) is 0 Å². The molecule has 0 heterocycles. The van der Waals surface area contributed by atoms with Crippen LogP contribution in [-0.4, -0.2) is 5.78 Å². The third-order valence-electron chi connectivity index (χ3n) is 3.08. The third-order valence-corrected chi connectivity index (χ3v) is 3.08. The van der Waals surface area contributed by atoms with Gasteiger partial charge in [-0.1, -0.05) is 42.8 Å². The molecule has 0 spiro atoms. The van der Waals surface area contributed by atoms with E-state index in [-0.39, 0.29) is 0 Å². The molecule has 0 amide bonds. The van der Waals surface area contributed by atoms with E-state index in [2.05, 4.69) is 24.3 Å². The Labute approximate surface area is 105 Å². The van der Waals surface area contributed by atoms with Gasteiger partial charge in [0.2, 0.25) is 0 Å². The molecule has 1 aromatic carbocycles. The van der Waals surface area contributed by atoms with Gasteiger partial charge in [-0.2, -0.15) is 0 Å². The number of unbranched alkanes of at least 4 members (excludes halogenated alkanes) is 2. The number of rotatable bonds is 7. The largest absolute Gasteiger partial charge is 0.295 e. The van der Waals surface area contributed by atoms with E-state index in [1.54, 1.807) is 0 Å². The smallest absolute Gasteiger partial charge is 0.158 e. The summed E-state index contributed by atoms with van der Waals surface area (Å²) < 4.78 is 0. The first-order valence-electron chi connectivity index (χ1n) is 6.44. The molecule has 1 nitrogen and oxygen atoms in total. The summed E-state index contributed by atoms with van der Waals surface area (Å²) in [5.41, 5.74) is 2.29. The topological polar surface area (TPSA) is 17.1 Å². The average molecular weight is 230 g/mol. The molecular weight excluding hydrogens is 208 g/mol. The first kappa shape index (κ1) is 13.7. The molecule has 17 heavy (non-hydrogen) atoms. The van der Waals surface area contributed by atoms with Gasteiger partial charge in [-0.25, -0.2) is 0 Å². The normalized spacial score (nSPS) is 11.5. The first-order valence-corrected chi connectivity index (χ1v) is 6.44. The van der Waals surface area contributed by atoms with Gasteiger partial charge in [0, 0.05) is 6.42 Å². The van der Waals surface area contributed by atoms with Crippen LogP contribution in [0.15, 0.2) is 42.0 Å². The number of benzene rings is 1. The van der Waals surface area contributed by atoms with Crippen LogP contribution < -0.4 is 0 Å². The monoisotopic (exact) mass is 230 g/mol. The summed E-state index contributed by atoms with van der Waals surface area (Å²) in [7, 11) is 0. The van der Waals surface area contributed by atoms with E-state index < -0.39 is 0 Å². The second kappa shape index (κ2) is 7.83. The summed E-state index contributed by atoms with van der Waals surface area (Å²) >= 11 is 0. The number of carbonyl (C=O) groups is 1. The zero-order valence-corrected chi connectivity index (χ0v) is 10.9. The molecule has 0 aliphatic carbocycles. The Kier molecular flexibility index (Phi) is 6.31. The van der Waals surface area contributed by atoms with Crippen molar-refractivity contribution in [2.75, 3.05) is 0 Å². The van der Waals surface area contributed by atoms with E-state index in [1.165, 1.54) is 12.0 Å². The Morgan fingerprint density at radius 1 is 1.12 bits per heavy atom. The fourth-order valence-corrected chi connectivity index (χ4v) is 1.79. The molecule has 92 valence electrons. The number of ketones is 1. The van der Waals surface area contributed by atoms with E-state index >= 15 is 0 Å². The standard InChI is InChI=1S/C16H22O/c1-3-14(2)16(17)13-9-5-8-12-15-10-6-4-7-11-15/h3-4,6-7,10-11H,5,8-9,12-13H2,1-2H3/b14-3-. The van der Waals surface area contributed by atoms with E-state index in [4.69, 9.17) is 0 Å². The molecule has 0 unspecified atom stereocenters. The molecule has 0 radical (unpaired) electrons. The minimum absolute atomic E-state index is 0.298. The van der Waals surface area contributed by atoms with Gasteiger partial charge in [0.1, 0.15) is 0 Å². The molecule has 0 atom stereocenters. The zero-order chi connectivity index (χ0) is 12.5. The van der Waals surface area contributed by atoms with Gasteiger partial charge in [-0.3, -0.25) is 4.79 Å². The molecule has 1 rings (SSSR count). The molecule has 0 saturated heterocycles. The lowest BCUT2D eigenvalue weighted by Gasteiger charge is -2.02. The van der Waals surface area contributed by atoms with Gasteiger partial charge < -0.3 is 0 Å². The van der Waals surface area contributed by atoms with Gasteiger partial charge in [0.05, 0.1) is 0 Å². The molecule has 0 fully saturated rings. The van der Waals surface area contributed by atoms with E-state index in [9.17, 15) is 4.79 Å². The highest BCUT2D eigenvalue weighted by atomic mass is 16.1. The van der Waals surface area contributed by atoms with Crippen molar-refractivity contribution in [3.05, 3.63) is 47.5 Å². The molecule has 0 saturated carbocycles. The Balaban J connectivity index is 2.11. The highest BCUT2D eigenvalue weighted by Crippen LogP contribution is 2.09. The van der Waals surface area contributed by atoms with Crippen LogP contribution in [0, 0.1) is 0 Å². The lowest BCUT2D eigenvalue weighted by Crippen LogP contribution is -1.99. The van der Waals surface area contributed by atoms with Crippen molar-refractivity contribution in [3.8, 4) is 0 Å². The second-order valence-electron chi connectivity index (χ2n) is 4.44. The summed E-state index contributed by atoms with van der Waals surface area (Å²) in [6, 6.07) is 10.5. The van der Waals surface area contributed by atoms with Crippen LogP contribution >= 0.6 is 0 Å². The maximum absolute atomic E-state index is 11.5. The van der Waals surface area contributed by atoms with Crippen molar-refractivity contribution in [3.63, 3.8) is 0 Å². The van der Waals surface area contributed by atoms with E-state index in [0.29, 0.717) is 12.2 Å². The van der Waals surface area contributed by atoms with E-state index in [1.807, 2.05) is 26.0 Å². The lowest BCUT2D eigenvalue weighted by molar-refractivity contribution is -0.115. The Bertz CT molecular complexity index is 362. The first-order chi connectivity index (χ1) is 8.24. The average Bonchev–Trinajstić information content (AvgIpc) is 2.38. The van der Waals surface area contributed by atoms with Gasteiger partial charge in [-0.15, -0.1) is 0 Å². The predicted octanol–water partition coefficient (Wildman–Crippen LogP) is 4.32. The minimum Gasteiger partial charge on any atom is -0.295 e. The molecular formula is C16H22O. The SMILES string of the molecule is C/C=C(/C)C(=O)CCCCCc1ccccc1. The minimum atomic E-state index is 0.298. The number of Topliss-reactive ketones (excluding diaryl/α,β-unsaturated/α-hetero) is 1. The van der Waals surface area contributed by atoms with Crippen molar-refractivity contribution in [1.82, 2.24) is 0 Å². The van der Waals surface area contributed by atoms with E-state index in [0.717, 1.165) is 24.8 Å². The predicted molar refractivity (Wildman–Crippen MR) is 73.1 cm³/mol. The van der Waals surface area contributed by atoms with Crippen LogP contribution in [0.25, 0.3) is 0 Å². The van der Waals surface area contributed by atoms with Crippen molar-refractivity contribution in [2.45, 2.75) is 46.0 Å². The maximum Gasteiger partial charge on any atom is 0.158 e. The molecule has 1 heteroatoms. The molecule has 1 aromatic rings. The number of carbonyl (C=O) groups excluding carboxylic acids is 1. The molecule has 0 aromatic heterocycles. The summed E-state index contributed by atoms with van der Waals surface area (Å²) in [6.07, 6.45) is 7.04. The molecule has 0 aliphatic heterocycles.